The lowest BCUT2D eigenvalue weighted by Gasteiger charge is -2.20. The summed E-state index contributed by atoms with van der Waals surface area (Å²) in [4.78, 5) is 23.8. The lowest BCUT2D eigenvalue weighted by molar-refractivity contribution is -0.117. The SMILES string of the molecule is C=CC(C1=CC(=O)C(OC)=CC1=O)c1ccccc1.CC(NCCC(c1ccccc1)c1ccccc1)c1ccccc1.Cl. The maximum atomic E-state index is 12.1. The van der Waals surface area contributed by atoms with Gasteiger partial charge < -0.3 is 10.1 Å². The largest absolute Gasteiger partial charge is 0.493 e. The van der Waals surface area contributed by atoms with Crippen molar-refractivity contribution in [1.82, 2.24) is 5.32 Å². The van der Waals surface area contributed by atoms with Crippen molar-refractivity contribution in [2.24, 2.45) is 0 Å². The summed E-state index contributed by atoms with van der Waals surface area (Å²) in [5.74, 6) is -0.287. The van der Waals surface area contributed by atoms with Crippen LogP contribution in [-0.2, 0) is 14.3 Å². The highest BCUT2D eigenvalue weighted by atomic mass is 35.5. The van der Waals surface area contributed by atoms with Gasteiger partial charge in [-0.2, -0.15) is 0 Å². The summed E-state index contributed by atoms with van der Waals surface area (Å²) in [6.07, 6.45) is 5.32. The van der Waals surface area contributed by atoms with Crippen LogP contribution in [-0.4, -0.2) is 25.2 Å². The van der Waals surface area contributed by atoms with Crippen molar-refractivity contribution < 1.29 is 14.3 Å². The summed E-state index contributed by atoms with van der Waals surface area (Å²) in [5.41, 5.74) is 5.47. The number of halogens is 1. The highest BCUT2D eigenvalue weighted by Crippen LogP contribution is 2.30. The second kappa shape index (κ2) is 17.6. The van der Waals surface area contributed by atoms with E-state index in [1.165, 1.54) is 36.0 Å². The van der Waals surface area contributed by atoms with E-state index in [-0.39, 0.29) is 35.7 Å². The first-order valence-electron chi connectivity index (χ1n) is 14.6. The van der Waals surface area contributed by atoms with Gasteiger partial charge in [-0.25, -0.2) is 0 Å². The molecule has 0 amide bonds. The molecule has 0 aliphatic heterocycles. The third kappa shape index (κ3) is 9.24. The third-order valence-electron chi connectivity index (χ3n) is 7.61. The number of benzene rings is 4. The van der Waals surface area contributed by atoms with Crippen LogP contribution >= 0.6 is 12.4 Å². The summed E-state index contributed by atoms with van der Waals surface area (Å²) < 4.78 is 4.86. The molecular formula is C39H40ClNO3. The summed E-state index contributed by atoms with van der Waals surface area (Å²) in [6, 6.07) is 42.1. The smallest absolute Gasteiger partial charge is 0.220 e. The average molecular weight is 606 g/mol. The molecule has 226 valence electrons. The molecule has 0 fully saturated rings. The summed E-state index contributed by atoms with van der Waals surface area (Å²) in [7, 11) is 1.37. The van der Waals surface area contributed by atoms with Crippen molar-refractivity contribution in [2.75, 3.05) is 13.7 Å². The molecule has 0 saturated carbocycles. The van der Waals surface area contributed by atoms with Crippen LogP contribution in [0, 0.1) is 0 Å². The Morgan fingerprint density at radius 1 is 0.682 bits per heavy atom. The number of carbonyl (C=O) groups is 2. The lowest BCUT2D eigenvalue weighted by atomic mass is 9.85. The van der Waals surface area contributed by atoms with Gasteiger partial charge in [0.15, 0.2) is 11.5 Å². The van der Waals surface area contributed by atoms with Crippen LogP contribution in [0.5, 0.6) is 0 Å². The number of hydrogen-bond acceptors (Lipinski definition) is 4. The van der Waals surface area contributed by atoms with E-state index < -0.39 is 0 Å². The molecule has 2 atom stereocenters. The molecule has 0 heterocycles. The second-order valence-electron chi connectivity index (χ2n) is 10.4. The van der Waals surface area contributed by atoms with Crippen molar-refractivity contribution in [3.05, 3.63) is 180 Å². The van der Waals surface area contributed by atoms with Crippen molar-refractivity contribution >= 4 is 24.0 Å². The molecule has 4 aromatic carbocycles. The molecule has 0 aromatic heterocycles. The van der Waals surface area contributed by atoms with Crippen molar-refractivity contribution in [3.8, 4) is 0 Å². The number of hydrogen-bond donors (Lipinski definition) is 1. The fourth-order valence-electron chi connectivity index (χ4n) is 5.26. The highest BCUT2D eigenvalue weighted by molar-refractivity contribution is 6.19. The third-order valence-corrected chi connectivity index (χ3v) is 7.61. The standard InChI is InChI=1S/C23H25N.C16H14O3.ClH/c1-19(20-11-5-2-6-12-20)24-18-17-23(21-13-7-3-8-14-21)22-15-9-4-10-16-22;1-3-12(11-7-5-4-6-8-11)13-9-15(18)16(19-2)10-14(13)17;/h2-16,19,23-24H,17-18H2,1H3;3-10,12H,1H2,2H3;1H. The Kier molecular flexibility index (Phi) is 13.6. The maximum absolute atomic E-state index is 12.1. The molecule has 0 saturated heterocycles. The molecule has 1 aliphatic carbocycles. The zero-order valence-corrected chi connectivity index (χ0v) is 26.1. The molecule has 44 heavy (non-hydrogen) atoms. The van der Waals surface area contributed by atoms with Crippen molar-refractivity contribution in [3.63, 3.8) is 0 Å². The molecule has 0 spiro atoms. The first kappa shape index (κ1) is 34.0. The molecule has 1 N–H and O–H groups in total. The van der Waals surface area contributed by atoms with Gasteiger partial charge in [-0.05, 0) is 48.2 Å². The Bertz CT molecular complexity index is 1490. The minimum Gasteiger partial charge on any atom is -0.493 e. The van der Waals surface area contributed by atoms with E-state index >= 15 is 0 Å². The fourth-order valence-corrected chi connectivity index (χ4v) is 5.26. The van der Waals surface area contributed by atoms with Crippen LogP contribution in [0.25, 0.3) is 0 Å². The van der Waals surface area contributed by atoms with Crippen molar-refractivity contribution in [1.29, 1.82) is 0 Å². The summed E-state index contributed by atoms with van der Waals surface area (Å²) in [6.45, 7) is 6.98. The van der Waals surface area contributed by atoms with E-state index in [9.17, 15) is 9.59 Å². The monoisotopic (exact) mass is 605 g/mol. The van der Waals surface area contributed by atoms with E-state index in [1.54, 1.807) is 6.08 Å². The number of methoxy groups -OCH3 is 1. The highest BCUT2D eigenvalue weighted by Gasteiger charge is 2.26. The molecule has 0 radical (unpaired) electrons. The second-order valence-corrected chi connectivity index (χ2v) is 10.4. The van der Waals surface area contributed by atoms with Gasteiger partial charge in [-0.15, -0.1) is 19.0 Å². The van der Waals surface area contributed by atoms with E-state index in [0.29, 0.717) is 17.5 Å². The molecule has 4 aromatic rings. The van der Waals surface area contributed by atoms with Crippen LogP contribution in [0.2, 0.25) is 0 Å². The van der Waals surface area contributed by atoms with E-state index in [1.807, 2.05) is 30.3 Å². The molecule has 5 heteroatoms. The zero-order chi connectivity index (χ0) is 30.4. The Morgan fingerprint density at radius 2 is 1.14 bits per heavy atom. The molecule has 1 aliphatic rings. The number of ether oxygens (including phenoxy) is 1. The van der Waals surface area contributed by atoms with Gasteiger partial charge in [-0.1, -0.05) is 127 Å². The Morgan fingerprint density at radius 3 is 1.59 bits per heavy atom. The van der Waals surface area contributed by atoms with Crippen LogP contribution in [0.15, 0.2) is 157 Å². The average Bonchev–Trinajstić information content (AvgIpc) is 3.07. The first-order valence-corrected chi connectivity index (χ1v) is 14.6. The molecule has 0 bridgehead atoms. The van der Waals surface area contributed by atoms with Crippen molar-refractivity contribution in [2.45, 2.75) is 31.2 Å². The number of carbonyl (C=O) groups excluding carboxylic acids is 2. The van der Waals surface area contributed by atoms with Crippen LogP contribution in [0.4, 0.5) is 0 Å². The summed E-state index contributed by atoms with van der Waals surface area (Å²) >= 11 is 0. The summed E-state index contributed by atoms with van der Waals surface area (Å²) in [5, 5.41) is 3.67. The minimum atomic E-state index is -0.292. The van der Waals surface area contributed by atoms with E-state index in [4.69, 9.17) is 4.74 Å². The van der Waals surface area contributed by atoms with Gasteiger partial charge in [0, 0.05) is 29.5 Å². The Balaban J connectivity index is 0.000000241. The lowest BCUT2D eigenvalue weighted by Crippen LogP contribution is -2.21. The molecule has 4 nitrogen and oxygen atoms in total. The Labute approximate surface area is 267 Å². The predicted octanol–water partition coefficient (Wildman–Crippen LogP) is 8.55. The number of rotatable bonds is 11. The van der Waals surface area contributed by atoms with Crippen LogP contribution < -0.4 is 5.32 Å². The fraction of sp³-hybridized carbons (Fsp3) is 0.179. The molecular weight excluding hydrogens is 566 g/mol. The van der Waals surface area contributed by atoms with Gasteiger partial charge in [0.2, 0.25) is 5.78 Å². The zero-order valence-electron chi connectivity index (χ0n) is 25.3. The Hall–Kier alpha value is -4.51. The quantitative estimate of drug-likeness (QED) is 0.137. The predicted molar refractivity (Wildman–Crippen MR) is 182 cm³/mol. The number of ketones is 2. The van der Waals surface area contributed by atoms with Gasteiger partial charge in [0.25, 0.3) is 0 Å². The minimum absolute atomic E-state index is 0. The van der Waals surface area contributed by atoms with E-state index in [2.05, 4.69) is 110 Å². The molecule has 5 rings (SSSR count). The van der Waals surface area contributed by atoms with Gasteiger partial charge in [-0.3, -0.25) is 9.59 Å². The van der Waals surface area contributed by atoms with Gasteiger partial charge in [0.05, 0.1) is 7.11 Å². The van der Waals surface area contributed by atoms with E-state index in [0.717, 1.165) is 18.5 Å². The number of nitrogens with one attached hydrogen (secondary N) is 1. The van der Waals surface area contributed by atoms with Crippen LogP contribution in [0.3, 0.4) is 0 Å². The van der Waals surface area contributed by atoms with Gasteiger partial charge >= 0.3 is 0 Å². The topological polar surface area (TPSA) is 55.4 Å². The normalized spacial score (nSPS) is 13.8. The maximum Gasteiger partial charge on any atom is 0.220 e. The first-order chi connectivity index (χ1) is 21.0. The van der Waals surface area contributed by atoms with Gasteiger partial charge in [0.1, 0.15) is 0 Å². The van der Waals surface area contributed by atoms with Crippen LogP contribution in [0.1, 0.15) is 53.5 Å². The molecule has 2 unspecified atom stereocenters. The number of allylic oxidation sites excluding steroid dienone is 4.